The molecule has 1 aliphatic heterocycles. The van der Waals surface area contributed by atoms with Gasteiger partial charge in [0.15, 0.2) is 5.65 Å². The number of ether oxygens (including phenoxy) is 1. The van der Waals surface area contributed by atoms with Crippen molar-refractivity contribution in [3.8, 4) is 11.4 Å². The van der Waals surface area contributed by atoms with E-state index in [0.29, 0.717) is 5.92 Å². The number of benzene rings is 2. The summed E-state index contributed by atoms with van der Waals surface area (Å²) in [7, 11) is 1.72. The molecule has 7 heteroatoms. The van der Waals surface area contributed by atoms with E-state index in [4.69, 9.17) is 19.8 Å². The maximum atomic E-state index is 5.41. The standard InChI is InChI=1S/C28H34N6O/c1-21(2)17-26-30-27(25-19-29-34(28(25)31-26)23-10-5-4-6-11-23)33-14-8-13-32(15-16-33)20-22-9-7-12-24(18-22)35-3/h4-7,9-12,18-19,21H,8,13-17,20H2,1-3H3. The fourth-order valence-corrected chi connectivity index (χ4v) is 4.76. The minimum Gasteiger partial charge on any atom is -0.497 e. The van der Waals surface area contributed by atoms with Gasteiger partial charge >= 0.3 is 0 Å². The van der Waals surface area contributed by atoms with E-state index in [2.05, 4.69) is 54.0 Å². The number of aromatic nitrogens is 4. The van der Waals surface area contributed by atoms with Crippen LogP contribution in [0.2, 0.25) is 0 Å². The molecule has 0 saturated carbocycles. The first kappa shape index (κ1) is 23.3. The van der Waals surface area contributed by atoms with Gasteiger partial charge in [-0.15, -0.1) is 0 Å². The average Bonchev–Trinajstić information content (AvgIpc) is 3.16. The highest BCUT2D eigenvalue weighted by Gasteiger charge is 2.22. The second-order valence-corrected chi connectivity index (χ2v) is 9.66. The van der Waals surface area contributed by atoms with Crippen molar-refractivity contribution < 1.29 is 4.74 Å². The van der Waals surface area contributed by atoms with E-state index in [0.717, 1.165) is 79.7 Å². The third kappa shape index (κ3) is 5.30. The quantitative estimate of drug-likeness (QED) is 0.389. The Labute approximate surface area is 207 Å². The van der Waals surface area contributed by atoms with Crippen LogP contribution < -0.4 is 9.64 Å². The summed E-state index contributed by atoms with van der Waals surface area (Å²) in [5.41, 5.74) is 3.18. The third-order valence-electron chi connectivity index (χ3n) is 6.47. The predicted molar refractivity (Wildman–Crippen MR) is 140 cm³/mol. The highest BCUT2D eigenvalue weighted by Crippen LogP contribution is 2.27. The number of fused-ring (bicyclic) bond motifs is 1. The van der Waals surface area contributed by atoms with Crippen LogP contribution in [0.4, 0.5) is 5.82 Å². The van der Waals surface area contributed by atoms with Crippen molar-refractivity contribution in [3.05, 3.63) is 72.2 Å². The Hall–Kier alpha value is -3.45. The van der Waals surface area contributed by atoms with Gasteiger partial charge in [0, 0.05) is 39.1 Å². The van der Waals surface area contributed by atoms with E-state index < -0.39 is 0 Å². The first-order valence-corrected chi connectivity index (χ1v) is 12.5. The van der Waals surface area contributed by atoms with Gasteiger partial charge in [-0.05, 0) is 42.2 Å². The van der Waals surface area contributed by atoms with Gasteiger partial charge in [0.1, 0.15) is 17.4 Å². The minimum absolute atomic E-state index is 0.482. The molecule has 35 heavy (non-hydrogen) atoms. The van der Waals surface area contributed by atoms with Gasteiger partial charge < -0.3 is 9.64 Å². The molecule has 0 radical (unpaired) electrons. The lowest BCUT2D eigenvalue weighted by Crippen LogP contribution is -2.31. The van der Waals surface area contributed by atoms with Crippen LogP contribution in [0.1, 0.15) is 31.7 Å². The molecule has 1 fully saturated rings. The highest BCUT2D eigenvalue weighted by atomic mass is 16.5. The van der Waals surface area contributed by atoms with E-state index in [-0.39, 0.29) is 0 Å². The number of rotatable bonds is 7. The van der Waals surface area contributed by atoms with E-state index in [1.54, 1.807) is 7.11 Å². The van der Waals surface area contributed by atoms with Crippen LogP contribution in [0.25, 0.3) is 16.7 Å². The third-order valence-corrected chi connectivity index (χ3v) is 6.47. The molecule has 182 valence electrons. The summed E-state index contributed by atoms with van der Waals surface area (Å²) in [5.74, 6) is 3.29. The van der Waals surface area contributed by atoms with Crippen molar-refractivity contribution >= 4 is 16.9 Å². The van der Waals surface area contributed by atoms with Crippen LogP contribution in [-0.2, 0) is 13.0 Å². The van der Waals surface area contributed by atoms with E-state index in [9.17, 15) is 0 Å². The molecule has 3 heterocycles. The SMILES string of the molecule is COc1cccc(CN2CCCN(c3nc(CC(C)C)nc4c3cnn4-c3ccccc3)CC2)c1. The largest absolute Gasteiger partial charge is 0.497 e. The maximum absolute atomic E-state index is 5.41. The van der Waals surface area contributed by atoms with Crippen molar-refractivity contribution in [2.24, 2.45) is 5.92 Å². The predicted octanol–water partition coefficient (Wildman–Crippen LogP) is 4.73. The molecule has 0 aliphatic carbocycles. The van der Waals surface area contributed by atoms with Crippen LogP contribution >= 0.6 is 0 Å². The summed E-state index contributed by atoms with van der Waals surface area (Å²) in [6, 6.07) is 18.6. The second-order valence-electron chi connectivity index (χ2n) is 9.66. The molecule has 2 aromatic heterocycles. The van der Waals surface area contributed by atoms with Crippen molar-refractivity contribution in [1.82, 2.24) is 24.6 Å². The lowest BCUT2D eigenvalue weighted by molar-refractivity contribution is 0.285. The lowest BCUT2D eigenvalue weighted by Gasteiger charge is -2.24. The number of hydrogen-bond acceptors (Lipinski definition) is 6. The summed E-state index contributed by atoms with van der Waals surface area (Å²) in [5, 5.41) is 5.73. The number of methoxy groups -OCH3 is 1. The summed E-state index contributed by atoms with van der Waals surface area (Å²) < 4.78 is 7.35. The molecular formula is C28H34N6O. The first-order valence-electron chi connectivity index (χ1n) is 12.5. The molecule has 4 aromatic rings. The monoisotopic (exact) mass is 470 g/mol. The maximum Gasteiger partial charge on any atom is 0.168 e. The van der Waals surface area contributed by atoms with E-state index >= 15 is 0 Å². The van der Waals surface area contributed by atoms with Crippen LogP contribution in [0.15, 0.2) is 60.8 Å². The van der Waals surface area contributed by atoms with Crippen LogP contribution in [0, 0.1) is 5.92 Å². The average molecular weight is 471 g/mol. The number of anilines is 1. The van der Waals surface area contributed by atoms with Gasteiger partial charge in [0.25, 0.3) is 0 Å². The smallest absolute Gasteiger partial charge is 0.168 e. The Bertz CT molecular complexity index is 1270. The molecule has 2 aromatic carbocycles. The topological polar surface area (TPSA) is 59.3 Å². The summed E-state index contributed by atoms with van der Waals surface area (Å²) in [6.07, 6.45) is 3.86. The molecule has 1 saturated heterocycles. The molecule has 0 bridgehead atoms. The van der Waals surface area contributed by atoms with Crippen LogP contribution in [-0.4, -0.2) is 57.9 Å². The number of nitrogens with zero attached hydrogens (tertiary/aromatic N) is 6. The molecule has 7 nitrogen and oxygen atoms in total. The molecule has 0 atom stereocenters. The summed E-state index contributed by atoms with van der Waals surface area (Å²) in [6.45, 7) is 9.29. The zero-order chi connectivity index (χ0) is 24.2. The fourth-order valence-electron chi connectivity index (χ4n) is 4.76. The zero-order valence-corrected chi connectivity index (χ0v) is 20.9. The molecule has 0 spiro atoms. The Balaban J connectivity index is 1.42. The Kier molecular flexibility index (Phi) is 6.95. The van der Waals surface area contributed by atoms with Gasteiger partial charge in [-0.2, -0.15) is 5.10 Å². The van der Waals surface area contributed by atoms with Gasteiger partial charge in [-0.1, -0.05) is 44.2 Å². The minimum atomic E-state index is 0.482. The second kappa shape index (κ2) is 10.4. The van der Waals surface area contributed by atoms with E-state index in [1.165, 1.54) is 5.56 Å². The molecule has 0 N–H and O–H groups in total. The van der Waals surface area contributed by atoms with Crippen molar-refractivity contribution in [3.63, 3.8) is 0 Å². The first-order chi connectivity index (χ1) is 17.1. The number of hydrogen-bond donors (Lipinski definition) is 0. The molecule has 5 rings (SSSR count). The normalized spacial score (nSPS) is 15.0. The van der Waals surface area contributed by atoms with Crippen molar-refractivity contribution in [2.45, 2.75) is 33.2 Å². The molecule has 0 amide bonds. The lowest BCUT2D eigenvalue weighted by atomic mass is 10.1. The van der Waals surface area contributed by atoms with Gasteiger partial charge in [0.05, 0.1) is 24.4 Å². The number of para-hydroxylation sites is 1. The van der Waals surface area contributed by atoms with Crippen LogP contribution in [0.3, 0.4) is 0 Å². The Morgan fingerprint density at radius 2 is 1.80 bits per heavy atom. The summed E-state index contributed by atoms with van der Waals surface area (Å²) >= 11 is 0. The van der Waals surface area contributed by atoms with Crippen molar-refractivity contribution in [1.29, 1.82) is 0 Å². The van der Waals surface area contributed by atoms with Crippen LogP contribution in [0.5, 0.6) is 5.75 Å². The molecule has 1 aliphatic rings. The van der Waals surface area contributed by atoms with Crippen molar-refractivity contribution in [2.75, 3.05) is 38.2 Å². The molecule has 0 unspecified atom stereocenters. The fraction of sp³-hybridized carbons (Fsp3) is 0.393. The highest BCUT2D eigenvalue weighted by molar-refractivity contribution is 5.88. The molecular weight excluding hydrogens is 436 g/mol. The summed E-state index contributed by atoms with van der Waals surface area (Å²) in [4.78, 5) is 15.0. The Morgan fingerprint density at radius 3 is 2.60 bits per heavy atom. The van der Waals surface area contributed by atoms with E-state index in [1.807, 2.05) is 35.1 Å². The van der Waals surface area contributed by atoms with Gasteiger partial charge in [-0.3, -0.25) is 4.90 Å². The Morgan fingerprint density at radius 1 is 0.943 bits per heavy atom. The van der Waals surface area contributed by atoms with Gasteiger partial charge in [-0.25, -0.2) is 14.6 Å². The van der Waals surface area contributed by atoms with Gasteiger partial charge in [0.2, 0.25) is 0 Å². The zero-order valence-electron chi connectivity index (χ0n) is 20.9.